The number of esters is 1. The topological polar surface area (TPSA) is 50.1 Å². The van der Waals surface area contributed by atoms with Gasteiger partial charge in [0.2, 0.25) is 0 Å². The van der Waals surface area contributed by atoms with Gasteiger partial charge in [-0.15, -0.1) is 0 Å². The Kier molecular flexibility index (Phi) is 2.96. The molecule has 0 fully saturated rings. The molecule has 0 unspecified atom stereocenters. The molecule has 0 spiro atoms. The van der Waals surface area contributed by atoms with E-state index in [0.717, 1.165) is 21.9 Å². The summed E-state index contributed by atoms with van der Waals surface area (Å²) in [6.07, 6.45) is 4.12. The molecule has 0 radical (unpaired) electrons. The minimum absolute atomic E-state index is 0.422. The summed E-state index contributed by atoms with van der Waals surface area (Å²) in [5.74, 6) is 0.116. The molecule has 3 aromatic carbocycles. The van der Waals surface area contributed by atoms with Gasteiger partial charge in [0, 0.05) is 5.39 Å². The zero-order chi connectivity index (χ0) is 15.8. The van der Waals surface area contributed by atoms with Crippen molar-refractivity contribution in [2.75, 3.05) is 0 Å². The lowest BCUT2D eigenvalue weighted by Crippen LogP contribution is -2.08. The van der Waals surface area contributed by atoms with Gasteiger partial charge in [-0.05, 0) is 46.8 Å². The predicted molar refractivity (Wildman–Crippen MR) is 89.0 cm³/mol. The average molecular weight is 297 g/mol. The lowest BCUT2D eigenvalue weighted by molar-refractivity contribution is 0.0737. The van der Waals surface area contributed by atoms with E-state index in [1.807, 2.05) is 36.4 Å². The molecule has 23 heavy (non-hydrogen) atoms. The van der Waals surface area contributed by atoms with Crippen LogP contribution in [0.4, 0.5) is 0 Å². The number of hydrogen-bond acceptors (Lipinski definition) is 3. The summed E-state index contributed by atoms with van der Waals surface area (Å²) >= 11 is 0. The van der Waals surface area contributed by atoms with Gasteiger partial charge in [-0.1, -0.05) is 36.4 Å². The van der Waals surface area contributed by atoms with Crippen LogP contribution in [0.25, 0.3) is 22.9 Å². The zero-order valence-electron chi connectivity index (χ0n) is 12.1. The Labute approximate surface area is 133 Å². The summed E-state index contributed by atoms with van der Waals surface area (Å²) < 4.78 is 5.58. The highest BCUT2D eigenvalue weighted by molar-refractivity contribution is 6.07. The summed E-state index contributed by atoms with van der Waals surface area (Å²) in [4.78, 5) is 12.3. The second kappa shape index (κ2) is 5.11. The maximum Gasteiger partial charge on any atom is 0.343 e. The second-order valence-corrected chi connectivity index (χ2v) is 5.33. The van der Waals surface area contributed by atoms with Crippen LogP contribution in [-0.2, 0) is 0 Å². The Morgan fingerprint density at radius 2 is 1.65 bits per heavy atom. The predicted octanol–water partition coefficient (Wildman–Crippen LogP) is 4.41. The van der Waals surface area contributed by atoms with E-state index < -0.39 is 5.97 Å². The Balaban J connectivity index is 1.71. The van der Waals surface area contributed by atoms with Crippen LogP contribution in [-0.4, -0.2) is 5.97 Å². The minimum atomic E-state index is -0.429. The van der Waals surface area contributed by atoms with Crippen molar-refractivity contribution in [3.63, 3.8) is 0 Å². The zero-order valence-corrected chi connectivity index (χ0v) is 12.1. The summed E-state index contributed by atoms with van der Waals surface area (Å²) in [5.41, 5.74) is 3.20. The molecule has 108 valence electrons. The maximum absolute atomic E-state index is 12.3. The van der Waals surface area contributed by atoms with Crippen molar-refractivity contribution in [2.45, 2.75) is 0 Å². The van der Waals surface area contributed by atoms with E-state index in [1.54, 1.807) is 24.3 Å². The van der Waals surface area contributed by atoms with E-state index in [9.17, 15) is 4.79 Å². The van der Waals surface area contributed by atoms with Crippen molar-refractivity contribution >= 4 is 28.9 Å². The third-order valence-corrected chi connectivity index (χ3v) is 3.96. The molecule has 0 saturated carbocycles. The van der Waals surface area contributed by atoms with E-state index in [4.69, 9.17) is 10.00 Å². The Morgan fingerprint density at radius 3 is 2.39 bits per heavy atom. The number of nitriles is 1. The molecule has 0 aliphatic heterocycles. The lowest BCUT2D eigenvalue weighted by Gasteiger charge is -2.09. The van der Waals surface area contributed by atoms with Crippen LogP contribution in [0.2, 0.25) is 0 Å². The number of ether oxygens (including phenoxy) is 1. The van der Waals surface area contributed by atoms with Crippen LogP contribution in [0.3, 0.4) is 0 Å². The van der Waals surface area contributed by atoms with Gasteiger partial charge in [0.15, 0.2) is 0 Å². The van der Waals surface area contributed by atoms with Gasteiger partial charge < -0.3 is 4.74 Å². The fourth-order valence-corrected chi connectivity index (χ4v) is 2.82. The number of benzene rings is 3. The highest BCUT2D eigenvalue weighted by Gasteiger charge is 2.15. The van der Waals surface area contributed by atoms with Crippen molar-refractivity contribution in [1.29, 1.82) is 5.26 Å². The smallest absolute Gasteiger partial charge is 0.343 e. The van der Waals surface area contributed by atoms with Gasteiger partial charge in [0.05, 0.1) is 17.2 Å². The number of carbonyl (C=O) groups excluding carboxylic acids is 1. The van der Waals surface area contributed by atoms with Gasteiger partial charge in [0.1, 0.15) is 5.75 Å². The van der Waals surface area contributed by atoms with Crippen LogP contribution in [0.15, 0.2) is 54.6 Å². The average Bonchev–Trinajstić information content (AvgIpc) is 3.02. The number of nitrogens with zero attached hydrogens (tertiary/aromatic N) is 1. The molecule has 0 aromatic heterocycles. The van der Waals surface area contributed by atoms with Crippen molar-refractivity contribution in [3.05, 3.63) is 76.9 Å². The lowest BCUT2D eigenvalue weighted by atomic mass is 10.0. The first kappa shape index (κ1) is 13.3. The molecular weight excluding hydrogens is 286 g/mol. The van der Waals surface area contributed by atoms with E-state index in [-0.39, 0.29) is 0 Å². The Morgan fingerprint density at radius 1 is 0.913 bits per heavy atom. The number of carbonyl (C=O) groups is 1. The fourth-order valence-electron chi connectivity index (χ4n) is 2.82. The molecule has 3 nitrogen and oxygen atoms in total. The van der Waals surface area contributed by atoms with Gasteiger partial charge in [0.25, 0.3) is 0 Å². The molecule has 1 aliphatic rings. The Bertz CT molecular complexity index is 996. The third kappa shape index (κ3) is 2.18. The van der Waals surface area contributed by atoms with Crippen LogP contribution >= 0.6 is 0 Å². The van der Waals surface area contributed by atoms with Crippen molar-refractivity contribution < 1.29 is 9.53 Å². The number of hydrogen-bond donors (Lipinski definition) is 0. The molecule has 1 aliphatic carbocycles. The molecule has 0 bridgehead atoms. The summed E-state index contributed by atoms with van der Waals surface area (Å²) in [5, 5.41) is 10.8. The van der Waals surface area contributed by atoms with E-state index >= 15 is 0 Å². The van der Waals surface area contributed by atoms with Gasteiger partial charge in [-0.3, -0.25) is 0 Å². The van der Waals surface area contributed by atoms with Crippen LogP contribution < -0.4 is 4.74 Å². The summed E-state index contributed by atoms with van der Waals surface area (Å²) in [6, 6.07) is 18.2. The van der Waals surface area contributed by atoms with Gasteiger partial charge >= 0.3 is 5.97 Å². The SMILES string of the molecule is N#Cc1ccc(C(=O)Oc2ccc3c4c(cccc24)C=C3)cc1. The summed E-state index contributed by atoms with van der Waals surface area (Å²) in [7, 11) is 0. The highest BCUT2D eigenvalue weighted by atomic mass is 16.5. The molecule has 3 aromatic rings. The molecule has 3 heteroatoms. The van der Waals surface area contributed by atoms with E-state index in [2.05, 4.69) is 12.2 Å². The quantitative estimate of drug-likeness (QED) is 0.406. The first-order valence-electron chi connectivity index (χ1n) is 7.22. The van der Waals surface area contributed by atoms with Crippen LogP contribution in [0.1, 0.15) is 27.0 Å². The Hall–Kier alpha value is -3.38. The maximum atomic E-state index is 12.3. The fraction of sp³-hybridized carbons (Fsp3) is 0. The largest absolute Gasteiger partial charge is 0.422 e. The van der Waals surface area contributed by atoms with Crippen molar-refractivity contribution in [2.24, 2.45) is 0 Å². The van der Waals surface area contributed by atoms with Crippen molar-refractivity contribution in [3.8, 4) is 11.8 Å². The number of rotatable bonds is 2. The van der Waals surface area contributed by atoms with Gasteiger partial charge in [-0.25, -0.2) is 4.79 Å². The van der Waals surface area contributed by atoms with Crippen LogP contribution in [0.5, 0.6) is 5.75 Å². The minimum Gasteiger partial charge on any atom is -0.422 e. The molecule has 0 amide bonds. The first-order valence-corrected chi connectivity index (χ1v) is 7.22. The first-order chi connectivity index (χ1) is 11.3. The van der Waals surface area contributed by atoms with E-state index in [0.29, 0.717) is 16.9 Å². The van der Waals surface area contributed by atoms with E-state index in [1.165, 1.54) is 0 Å². The second-order valence-electron chi connectivity index (χ2n) is 5.33. The molecule has 0 saturated heterocycles. The summed E-state index contributed by atoms with van der Waals surface area (Å²) in [6.45, 7) is 0. The highest BCUT2D eigenvalue weighted by Crippen LogP contribution is 2.36. The van der Waals surface area contributed by atoms with Crippen molar-refractivity contribution in [1.82, 2.24) is 0 Å². The monoisotopic (exact) mass is 297 g/mol. The molecule has 0 heterocycles. The standard InChI is InChI=1S/C20H11NO2/c21-12-13-4-6-16(7-5-13)20(22)23-18-11-10-15-9-8-14-2-1-3-17(18)19(14)15/h1-11H. The van der Waals surface area contributed by atoms with Gasteiger partial charge in [-0.2, -0.15) is 5.26 Å². The molecular formula is C20H11NO2. The molecule has 0 N–H and O–H groups in total. The third-order valence-electron chi connectivity index (χ3n) is 3.96. The molecule has 0 atom stereocenters. The molecule has 4 rings (SSSR count). The van der Waals surface area contributed by atoms with Crippen LogP contribution in [0, 0.1) is 11.3 Å². The normalized spacial score (nSPS) is 11.4.